The molecule has 0 saturated heterocycles. The molecule has 0 saturated carbocycles. The van der Waals surface area contributed by atoms with Crippen LogP contribution in [0.3, 0.4) is 0 Å². The third kappa shape index (κ3) is 3.20. The molecular formula is C17H22N2O3. The Morgan fingerprint density at radius 1 is 1.32 bits per heavy atom. The highest BCUT2D eigenvalue weighted by atomic mass is 16.5. The van der Waals surface area contributed by atoms with Crippen molar-refractivity contribution in [1.29, 1.82) is 0 Å². The molecule has 5 nitrogen and oxygen atoms in total. The molecule has 0 aliphatic carbocycles. The Kier molecular flexibility index (Phi) is 4.66. The number of nitrogens with zero attached hydrogens (tertiary/aromatic N) is 2. The van der Waals surface area contributed by atoms with Crippen LogP contribution in [0.2, 0.25) is 0 Å². The summed E-state index contributed by atoms with van der Waals surface area (Å²) in [6.07, 6.45) is 0.785. The molecule has 0 bridgehead atoms. The number of aliphatic hydroxyl groups is 1. The molecule has 0 amide bonds. The summed E-state index contributed by atoms with van der Waals surface area (Å²) in [5.74, 6) is 0.679. The fourth-order valence-electron chi connectivity index (χ4n) is 2.33. The van der Waals surface area contributed by atoms with E-state index in [1.54, 1.807) is 27.0 Å². The average Bonchev–Trinajstić information content (AvgIpc) is 2.48. The van der Waals surface area contributed by atoms with Crippen molar-refractivity contribution in [1.82, 2.24) is 9.78 Å². The molecule has 1 aromatic carbocycles. The van der Waals surface area contributed by atoms with Gasteiger partial charge in [-0.05, 0) is 38.5 Å². The second kappa shape index (κ2) is 6.32. The first-order valence-corrected chi connectivity index (χ1v) is 7.37. The quantitative estimate of drug-likeness (QED) is 0.922. The number of para-hydroxylation sites is 1. The molecule has 0 atom stereocenters. The van der Waals surface area contributed by atoms with Gasteiger partial charge in [-0.3, -0.25) is 4.79 Å². The van der Waals surface area contributed by atoms with Crippen LogP contribution in [0.5, 0.6) is 5.75 Å². The fourth-order valence-corrected chi connectivity index (χ4v) is 2.33. The zero-order chi connectivity index (χ0) is 16.3. The Morgan fingerprint density at radius 3 is 2.59 bits per heavy atom. The van der Waals surface area contributed by atoms with Crippen molar-refractivity contribution in [2.45, 2.75) is 39.3 Å². The maximum absolute atomic E-state index is 12.5. The van der Waals surface area contributed by atoms with Crippen molar-refractivity contribution in [2.75, 3.05) is 7.11 Å². The molecule has 1 N–H and O–H groups in total. The number of ether oxygens (including phenoxy) is 1. The van der Waals surface area contributed by atoms with E-state index in [4.69, 9.17) is 4.74 Å². The Morgan fingerprint density at radius 2 is 2.00 bits per heavy atom. The molecule has 2 aromatic rings. The Hall–Kier alpha value is -2.14. The topological polar surface area (TPSA) is 64.3 Å². The van der Waals surface area contributed by atoms with Gasteiger partial charge < -0.3 is 9.84 Å². The molecule has 0 aliphatic rings. The SMILES string of the molecule is CCCn1nc(-c2ccccc2OC)cc(C(C)(C)O)c1=O. The zero-order valence-electron chi connectivity index (χ0n) is 13.5. The van der Waals surface area contributed by atoms with Crippen molar-refractivity contribution in [3.05, 3.63) is 46.2 Å². The number of methoxy groups -OCH3 is 1. The van der Waals surface area contributed by atoms with E-state index in [2.05, 4.69) is 5.10 Å². The maximum atomic E-state index is 12.5. The highest BCUT2D eigenvalue weighted by molar-refractivity contribution is 5.67. The number of hydrogen-bond donors (Lipinski definition) is 1. The van der Waals surface area contributed by atoms with Gasteiger partial charge in [0.15, 0.2) is 0 Å². The van der Waals surface area contributed by atoms with E-state index in [-0.39, 0.29) is 5.56 Å². The van der Waals surface area contributed by atoms with E-state index in [1.807, 2.05) is 31.2 Å². The van der Waals surface area contributed by atoms with Crippen LogP contribution in [0.25, 0.3) is 11.3 Å². The first-order valence-electron chi connectivity index (χ1n) is 7.37. The predicted octanol–water partition coefficient (Wildman–Crippen LogP) is 2.56. The van der Waals surface area contributed by atoms with Crippen molar-refractivity contribution >= 4 is 0 Å². The highest BCUT2D eigenvalue weighted by Crippen LogP contribution is 2.29. The predicted molar refractivity (Wildman–Crippen MR) is 86.0 cm³/mol. The Bertz CT molecular complexity index is 715. The molecule has 22 heavy (non-hydrogen) atoms. The molecule has 1 aromatic heterocycles. The summed E-state index contributed by atoms with van der Waals surface area (Å²) in [4.78, 5) is 12.5. The summed E-state index contributed by atoms with van der Waals surface area (Å²) in [6.45, 7) is 5.69. The zero-order valence-corrected chi connectivity index (χ0v) is 13.5. The van der Waals surface area contributed by atoms with Gasteiger partial charge in [0, 0.05) is 12.1 Å². The minimum absolute atomic E-state index is 0.256. The monoisotopic (exact) mass is 302 g/mol. The van der Waals surface area contributed by atoms with Crippen LogP contribution in [0, 0.1) is 0 Å². The van der Waals surface area contributed by atoms with E-state index < -0.39 is 5.60 Å². The molecule has 0 aliphatic heterocycles. The summed E-state index contributed by atoms with van der Waals surface area (Å²) < 4.78 is 6.78. The van der Waals surface area contributed by atoms with Crippen molar-refractivity contribution in [2.24, 2.45) is 0 Å². The van der Waals surface area contributed by atoms with Crippen molar-refractivity contribution < 1.29 is 9.84 Å². The van der Waals surface area contributed by atoms with E-state index >= 15 is 0 Å². The van der Waals surface area contributed by atoms with Gasteiger partial charge in [-0.15, -0.1) is 0 Å². The minimum Gasteiger partial charge on any atom is -0.496 e. The fraction of sp³-hybridized carbons (Fsp3) is 0.412. The highest BCUT2D eigenvalue weighted by Gasteiger charge is 2.23. The van der Waals surface area contributed by atoms with E-state index in [1.165, 1.54) is 4.68 Å². The maximum Gasteiger partial charge on any atom is 0.272 e. The summed E-state index contributed by atoms with van der Waals surface area (Å²) in [6, 6.07) is 9.14. The van der Waals surface area contributed by atoms with Crippen LogP contribution in [0.4, 0.5) is 0 Å². The van der Waals surface area contributed by atoms with Gasteiger partial charge >= 0.3 is 0 Å². The number of hydrogen-bond acceptors (Lipinski definition) is 4. The number of aryl methyl sites for hydroxylation is 1. The number of rotatable bonds is 5. The van der Waals surface area contributed by atoms with Crippen molar-refractivity contribution in [3.8, 4) is 17.0 Å². The van der Waals surface area contributed by atoms with E-state index in [0.717, 1.165) is 12.0 Å². The van der Waals surface area contributed by atoms with Crippen LogP contribution in [0.15, 0.2) is 35.1 Å². The Balaban J connectivity index is 2.71. The van der Waals surface area contributed by atoms with Crippen LogP contribution >= 0.6 is 0 Å². The molecule has 0 spiro atoms. The third-order valence-electron chi connectivity index (χ3n) is 3.45. The summed E-state index contributed by atoms with van der Waals surface area (Å²) >= 11 is 0. The number of aromatic nitrogens is 2. The van der Waals surface area contributed by atoms with Gasteiger partial charge in [0.2, 0.25) is 0 Å². The van der Waals surface area contributed by atoms with Gasteiger partial charge in [0.1, 0.15) is 5.75 Å². The van der Waals surface area contributed by atoms with Gasteiger partial charge in [-0.1, -0.05) is 19.1 Å². The molecule has 0 unspecified atom stereocenters. The second-order valence-corrected chi connectivity index (χ2v) is 5.73. The van der Waals surface area contributed by atoms with Gasteiger partial charge in [0.05, 0.1) is 24.0 Å². The van der Waals surface area contributed by atoms with Crippen LogP contribution < -0.4 is 10.3 Å². The lowest BCUT2D eigenvalue weighted by molar-refractivity contribution is 0.0761. The first kappa shape index (κ1) is 16.2. The molecule has 5 heteroatoms. The average molecular weight is 302 g/mol. The van der Waals surface area contributed by atoms with Gasteiger partial charge in [-0.25, -0.2) is 4.68 Å². The number of benzene rings is 1. The molecule has 0 fully saturated rings. The smallest absolute Gasteiger partial charge is 0.272 e. The normalized spacial score (nSPS) is 11.5. The lowest BCUT2D eigenvalue weighted by atomic mass is 9.98. The van der Waals surface area contributed by atoms with Crippen LogP contribution in [0.1, 0.15) is 32.8 Å². The largest absolute Gasteiger partial charge is 0.496 e. The summed E-state index contributed by atoms with van der Waals surface area (Å²) in [5, 5.41) is 14.7. The summed E-state index contributed by atoms with van der Waals surface area (Å²) in [5.41, 5.74) is 0.250. The molecule has 1 heterocycles. The molecule has 2 rings (SSSR count). The van der Waals surface area contributed by atoms with E-state index in [9.17, 15) is 9.90 Å². The minimum atomic E-state index is -1.23. The molecule has 118 valence electrons. The van der Waals surface area contributed by atoms with Crippen LogP contribution in [-0.2, 0) is 12.1 Å². The van der Waals surface area contributed by atoms with Gasteiger partial charge in [-0.2, -0.15) is 5.10 Å². The third-order valence-corrected chi connectivity index (χ3v) is 3.45. The van der Waals surface area contributed by atoms with Gasteiger partial charge in [0.25, 0.3) is 5.56 Å². The Labute approximate surface area is 130 Å². The lowest BCUT2D eigenvalue weighted by Crippen LogP contribution is -2.33. The second-order valence-electron chi connectivity index (χ2n) is 5.73. The standard InChI is InChI=1S/C17H22N2O3/c1-5-10-19-16(20)13(17(2,3)21)11-14(18-19)12-8-6-7-9-15(12)22-4/h6-9,11,21H,5,10H2,1-4H3. The molecule has 0 radical (unpaired) electrons. The van der Waals surface area contributed by atoms with Crippen LogP contribution in [-0.4, -0.2) is 22.0 Å². The summed E-state index contributed by atoms with van der Waals surface area (Å²) in [7, 11) is 1.60. The van der Waals surface area contributed by atoms with Crippen molar-refractivity contribution in [3.63, 3.8) is 0 Å². The molecular weight excluding hydrogens is 280 g/mol. The first-order chi connectivity index (χ1) is 10.4. The van der Waals surface area contributed by atoms with E-state index in [0.29, 0.717) is 23.6 Å². The lowest BCUT2D eigenvalue weighted by Gasteiger charge is -2.19.